The van der Waals surface area contributed by atoms with E-state index in [2.05, 4.69) is 120 Å². The Morgan fingerprint density at radius 3 is 1.33 bits per heavy atom. The minimum atomic E-state index is 0.396. The second-order valence-electron chi connectivity index (χ2n) is 17.1. The first-order valence-corrected chi connectivity index (χ1v) is 22.2. The second kappa shape index (κ2) is 21.5. The molecule has 4 aromatic carbocycles. The van der Waals surface area contributed by atoms with Crippen LogP contribution in [0.1, 0.15) is 199 Å². The summed E-state index contributed by atoms with van der Waals surface area (Å²) in [5.41, 5.74) is 25.4. The maximum atomic E-state index is 6.20. The molecule has 2 heteroatoms. The van der Waals surface area contributed by atoms with Crippen LogP contribution < -0.4 is 11.5 Å². The molecule has 4 aromatic rings. The summed E-state index contributed by atoms with van der Waals surface area (Å²) < 4.78 is 0. The average Bonchev–Trinajstić information content (AvgIpc) is 3.18. The van der Waals surface area contributed by atoms with Crippen molar-refractivity contribution in [1.29, 1.82) is 0 Å². The van der Waals surface area contributed by atoms with Crippen LogP contribution in [0.4, 0.5) is 11.4 Å². The molecule has 3 atom stereocenters. The standard InChI is InChI=1S/C52H74N2/c1-6-9-12-14-19-41(40-17-15-13-16-18-40)30-33-50(42-22-26-44(27-23-42)51(20-10-7-2)48-34-31-46(53)36-38(48)4)43-24-28-45(29-25-43)52(21-11-8-3)49-35-32-47(54)37-39(49)5/h22-29,31-32,34-37,40-41,50-52H,6-21,30,33,53-54H2,1-5H3. The van der Waals surface area contributed by atoms with Gasteiger partial charge < -0.3 is 11.5 Å². The summed E-state index contributed by atoms with van der Waals surface area (Å²) in [4.78, 5) is 0. The van der Waals surface area contributed by atoms with Gasteiger partial charge in [0.05, 0.1) is 0 Å². The van der Waals surface area contributed by atoms with Gasteiger partial charge in [0.2, 0.25) is 0 Å². The van der Waals surface area contributed by atoms with Gasteiger partial charge in [-0.15, -0.1) is 0 Å². The van der Waals surface area contributed by atoms with E-state index >= 15 is 0 Å². The zero-order valence-corrected chi connectivity index (χ0v) is 34.9. The van der Waals surface area contributed by atoms with Crippen LogP contribution in [0.25, 0.3) is 0 Å². The number of benzene rings is 4. The number of unbranched alkanes of at least 4 members (excludes halogenated alkanes) is 5. The third kappa shape index (κ3) is 11.5. The smallest absolute Gasteiger partial charge is 0.0316 e. The summed E-state index contributed by atoms with van der Waals surface area (Å²) in [5.74, 6) is 2.95. The van der Waals surface area contributed by atoms with Gasteiger partial charge in [-0.3, -0.25) is 0 Å². The Bertz CT molecular complexity index is 1560. The number of hydrogen-bond acceptors (Lipinski definition) is 2. The van der Waals surface area contributed by atoms with Crippen LogP contribution in [0.5, 0.6) is 0 Å². The van der Waals surface area contributed by atoms with Gasteiger partial charge in [0.1, 0.15) is 0 Å². The Balaban J connectivity index is 1.47. The quantitative estimate of drug-likeness (QED) is 0.0663. The van der Waals surface area contributed by atoms with Crippen molar-refractivity contribution in [3.63, 3.8) is 0 Å². The van der Waals surface area contributed by atoms with E-state index < -0.39 is 0 Å². The number of anilines is 2. The highest BCUT2D eigenvalue weighted by molar-refractivity contribution is 5.50. The third-order valence-corrected chi connectivity index (χ3v) is 13.1. The molecule has 1 fully saturated rings. The zero-order chi connectivity index (χ0) is 38.3. The summed E-state index contributed by atoms with van der Waals surface area (Å²) in [6.45, 7) is 11.4. The van der Waals surface area contributed by atoms with E-state index in [1.165, 1.54) is 160 Å². The van der Waals surface area contributed by atoms with Gasteiger partial charge in [0, 0.05) is 29.1 Å². The number of nitrogens with two attached hydrogens (primary N) is 2. The van der Waals surface area contributed by atoms with Gasteiger partial charge in [-0.05, 0) is 120 Å². The molecule has 3 unspecified atom stereocenters. The van der Waals surface area contributed by atoms with E-state index in [0.29, 0.717) is 17.8 Å². The summed E-state index contributed by atoms with van der Waals surface area (Å²) in [6.07, 6.45) is 23.8. The summed E-state index contributed by atoms with van der Waals surface area (Å²) in [5, 5.41) is 0. The van der Waals surface area contributed by atoms with Crippen LogP contribution in [-0.2, 0) is 0 Å². The topological polar surface area (TPSA) is 52.0 Å². The fourth-order valence-corrected chi connectivity index (χ4v) is 9.88. The highest BCUT2D eigenvalue weighted by Crippen LogP contribution is 2.41. The van der Waals surface area contributed by atoms with Crippen LogP contribution in [0, 0.1) is 25.7 Å². The highest BCUT2D eigenvalue weighted by atomic mass is 14.5. The molecule has 0 heterocycles. The molecule has 2 nitrogen and oxygen atoms in total. The van der Waals surface area contributed by atoms with Gasteiger partial charge in [0.25, 0.3) is 0 Å². The maximum absolute atomic E-state index is 6.20. The highest BCUT2D eigenvalue weighted by Gasteiger charge is 2.26. The van der Waals surface area contributed by atoms with Crippen molar-refractivity contribution >= 4 is 11.4 Å². The Labute approximate surface area is 330 Å². The van der Waals surface area contributed by atoms with Gasteiger partial charge in [-0.2, -0.15) is 0 Å². The molecule has 0 bridgehead atoms. The summed E-state index contributed by atoms with van der Waals surface area (Å²) >= 11 is 0. The molecule has 0 spiro atoms. The molecule has 4 N–H and O–H groups in total. The van der Waals surface area contributed by atoms with Crippen molar-refractivity contribution in [2.75, 3.05) is 11.5 Å². The fourth-order valence-electron chi connectivity index (χ4n) is 9.88. The SMILES string of the molecule is CCCCCCC(CCC(c1ccc(C(CCCC)c2ccc(N)cc2C)cc1)c1ccc(C(CCCC)c2ccc(N)cc2C)cc1)C1CCCCC1. The van der Waals surface area contributed by atoms with Gasteiger partial charge >= 0.3 is 0 Å². The van der Waals surface area contributed by atoms with Crippen molar-refractivity contribution in [3.05, 3.63) is 129 Å². The Morgan fingerprint density at radius 1 is 0.463 bits per heavy atom. The molecule has 1 aliphatic carbocycles. The molecule has 54 heavy (non-hydrogen) atoms. The lowest BCUT2D eigenvalue weighted by atomic mass is 9.73. The molecule has 0 radical (unpaired) electrons. The lowest BCUT2D eigenvalue weighted by Gasteiger charge is -2.32. The van der Waals surface area contributed by atoms with E-state index in [4.69, 9.17) is 11.5 Å². The number of hydrogen-bond donors (Lipinski definition) is 2. The van der Waals surface area contributed by atoms with Crippen LogP contribution >= 0.6 is 0 Å². The zero-order valence-electron chi connectivity index (χ0n) is 34.9. The minimum Gasteiger partial charge on any atom is -0.399 e. The largest absolute Gasteiger partial charge is 0.399 e. The molecule has 1 aliphatic rings. The predicted octanol–water partition coefficient (Wildman–Crippen LogP) is 15.2. The maximum Gasteiger partial charge on any atom is 0.0316 e. The first-order chi connectivity index (χ1) is 26.3. The van der Waals surface area contributed by atoms with Crippen molar-refractivity contribution in [2.24, 2.45) is 11.8 Å². The van der Waals surface area contributed by atoms with Crippen LogP contribution in [0.2, 0.25) is 0 Å². The average molecular weight is 727 g/mol. The van der Waals surface area contributed by atoms with Crippen molar-refractivity contribution < 1.29 is 0 Å². The number of aryl methyl sites for hydroxylation is 2. The van der Waals surface area contributed by atoms with E-state index in [1.54, 1.807) is 0 Å². The van der Waals surface area contributed by atoms with E-state index in [-0.39, 0.29) is 0 Å². The van der Waals surface area contributed by atoms with Crippen molar-refractivity contribution in [3.8, 4) is 0 Å². The second-order valence-corrected chi connectivity index (χ2v) is 17.1. The lowest BCUT2D eigenvalue weighted by Crippen LogP contribution is -2.19. The Hall–Kier alpha value is -3.52. The molecule has 5 rings (SSSR count). The lowest BCUT2D eigenvalue weighted by molar-refractivity contribution is 0.214. The monoisotopic (exact) mass is 727 g/mol. The Kier molecular flexibility index (Phi) is 16.6. The first-order valence-electron chi connectivity index (χ1n) is 22.2. The van der Waals surface area contributed by atoms with E-state index in [1.807, 2.05) is 0 Å². The summed E-state index contributed by atoms with van der Waals surface area (Å²) in [6, 6.07) is 32.8. The number of rotatable bonds is 21. The molecule has 0 amide bonds. The molecule has 0 saturated heterocycles. The fraction of sp³-hybridized carbons (Fsp3) is 0.538. The summed E-state index contributed by atoms with van der Waals surface area (Å²) in [7, 11) is 0. The molecule has 0 aromatic heterocycles. The van der Waals surface area contributed by atoms with Crippen molar-refractivity contribution in [2.45, 2.75) is 168 Å². The molecular weight excluding hydrogens is 653 g/mol. The molecule has 292 valence electrons. The molecule has 0 aliphatic heterocycles. The van der Waals surface area contributed by atoms with Crippen LogP contribution in [-0.4, -0.2) is 0 Å². The van der Waals surface area contributed by atoms with Crippen molar-refractivity contribution in [1.82, 2.24) is 0 Å². The van der Waals surface area contributed by atoms with E-state index in [9.17, 15) is 0 Å². The first kappa shape index (κ1) is 41.6. The number of nitrogen functional groups attached to an aromatic ring is 2. The Morgan fingerprint density at radius 2 is 0.907 bits per heavy atom. The molecule has 1 saturated carbocycles. The normalized spacial score (nSPS) is 15.9. The predicted molar refractivity (Wildman–Crippen MR) is 237 cm³/mol. The minimum absolute atomic E-state index is 0.396. The van der Waals surface area contributed by atoms with Crippen LogP contribution in [0.3, 0.4) is 0 Å². The third-order valence-electron chi connectivity index (χ3n) is 13.1. The van der Waals surface area contributed by atoms with Gasteiger partial charge in [0.15, 0.2) is 0 Å². The van der Waals surface area contributed by atoms with Gasteiger partial charge in [-0.25, -0.2) is 0 Å². The van der Waals surface area contributed by atoms with Crippen LogP contribution in [0.15, 0.2) is 84.9 Å². The molecular formula is C52H74N2. The van der Waals surface area contributed by atoms with E-state index in [0.717, 1.165) is 23.2 Å². The van der Waals surface area contributed by atoms with Gasteiger partial charge in [-0.1, -0.05) is 171 Å².